The van der Waals surface area contributed by atoms with Gasteiger partial charge in [-0.1, -0.05) is 34.8 Å². The van der Waals surface area contributed by atoms with Crippen LogP contribution in [-0.4, -0.2) is 0 Å². The zero-order chi connectivity index (χ0) is 9.30. The highest BCUT2D eigenvalue weighted by molar-refractivity contribution is 6.47. The van der Waals surface area contributed by atoms with Crippen molar-refractivity contribution in [3.63, 3.8) is 0 Å². The first-order chi connectivity index (χ1) is 5.52. The molecule has 0 heterocycles. The Balaban J connectivity index is 3.69. The summed E-state index contributed by atoms with van der Waals surface area (Å²) in [7, 11) is 0. The summed E-state index contributed by atoms with van der Waals surface area (Å²) in [6, 6.07) is 2.98. The van der Waals surface area contributed by atoms with Crippen LogP contribution in [0, 0.1) is 6.92 Å². The van der Waals surface area contributed by atoms with Gasteiger partial charge in [-0.15, -0.1) is 0 Å². The third-order valence-corrected chi connectivity index (χ3v) is 2.59. The van der Waals surface area contributed by atoms with Gasteiger partial charge in [0, 0.05) is 0 Å². The number of hydrogen-bond acceptors (Lipinski definition) is 1. The molecule has 0 aromatic heterocycles. The molecule has 0 atom stereocenters. The Morgan fingerprint density at radius 2 is 1.67 bits per heavy atom. The van der Waals surface area contributed by atoms with Crippen LogP contribution in [0.15, 0.2) is 16.9 Å². The van der Waals surface area contributed by atoms with Gasteiger partial charge in [0.2, 0.25) is 0 Å². The van der Waals surface area contributed by atoms with Crippen LogP contribution in [-0.2, 0) is 0 Å². The number of rotatable bonds is 0. The predicted octanol–water partition coefficient (Wildman–Crippen LogP) is 3.32. The largest absolute Gasteiger partial charge is 0.288 e. The third kappa shape index (κ3) is 1.92. The summed E-state index contributed by atoms with van der Waals surface area (Å²) < 4.78 is 0. The molecule has 0 amide bonds. The Morgan fingerprint density at radius 3 is 2.25 bits per heavy atom. The van der Waals surface area contributed by atoms with Crippen molar-refractivity contribution in [1.82, 2.24) is 0 Å². The van der Waals surface area contributed by atoms with E-state index in [1.807, 2.05) is 0 Å². The van der Waals surface area contributed by atoms with E-state index in [1.54, 1.807) is 13.0 Å². The molecular formula is C8H5Cl3O. The Hall–Kier alpha value is -0.240. The van der Waals surface area contributed by atoms with Gasteiger partial charge in [0.25, 0.3) is 0 Å². The summed E-state index contributed by atoms with van der Waals surface area (Å²) in [5, 5.41) is 0.368. The van der Waals surface area contributed by atoms with Gasteiger partial charge in [-0.3, -0.25) is 4.79 Å². The molecule has 4 heteroatoms. The van der Waals surface area contributed by atoms with Gasteiger partial charge < -0.3 is 0 Å². The van der Waals surface area contributed by atoms with Crippen LogP contribution < -0.4 is 5.43 Å². The van der Waals surface area contributed by atoms with E-state index in [-0.39, 0.29) is 15.5 Å². The average Bonchev–Trinajstić information content (AvgIpc) is 2.05. The van der Waals surface area contributed by atoms with E-state index in [0.717, 1.165) is 5.56 Å². The average molecular weight is 223 g/mol. The van der Waals surface area contributed by atoms with Crippen molar-refractivity contribution in [3.8, 4) is 0 Å². The number of halogens is 3. The summed E-state index contributed by atoms with van der Waals surface area (Å²) in [5.74, 6) is 0. The van der Waals surface area contributed by atoms with E-state index in [1.165, 1.54) is 6.07 Å². The van der Waals surface area contributed by atoms with Crippen LogP contribution in [0.25, 0.3) is 0 Å². The number of aryl methyl sites for hydroxylation is 1. The van der Waals surface area contributed by atoms with Crippen molar-refractivity contribution in [2.75, 3.05) is 0 Å². The minimum absolute atomic E-state index is 0.0326. The fourth-order valence-corrected chi connectivity index (χ4v) is 1.41. The minimum Gasteiger partial charge on any atom is -0.288 e. The van der Waals surface area contributed by atoms with Crippen molar-refractivity contribution < 1.29 is 0 Å². The maximum atomic E-state index is 11.1. The SMILES string of the molecule is Cc1cc(Cl)c(Cl)c(Cl)c(=O)c1. The van der Waals surface area contributed by atoms with Gasteiger partial charge in [-0.2, -0.15) is 0 Å². The van der Waals surface area contributed by atoms with E-state index >= 15 is 0 Å². The van der Waals surface area contributed by atoms with Gasteiger partial charge in [0.05, 0.1) is 10.0 Å². The Labute approximate surface area is 84.9 Å². The third-order valence-electron chi connectivity index (χ3n) is 1.33. The molecule has 0 aliphatic rings. The first-order valence-corrected chi connectivity index (χ1v) is 4.31. The lowest BCUT2D eigenvalue weighted by atomic mass is 10.3. The summed E-state index contributed by atoms with van der Waals surface area (Å²) >= 11 is 17.0. The second-order valence-electron chi connectivity index (χ2n) is 2.37. The molecule has 1 aromatic rings. The van der Waals surface area contributed by atoms with Gasteiger partial charge >= 0.3 is 0 Å². The highest BCUT2D eigenvalue weighted by Gasteiger charge is 2.04. The fourth-order valence-electron chi connectivity index (χ4n) is 0.788. The van der Waals surface area contributed by atoms with Crippen LogP contribution in [0.3, 0.4) is 0 Å². The van der Waals surface area contributed by atoms with Crippen molar-refractivity contribution in [1.29, 1.82) is 0 Å². The Bertz CT molecular complexity index is 374. The lowest BCUT2D eigenvalue weighted by molar-refractivity contribution is 1.49. The second kappa shape index (κ2) is 3.65. The van der Waals surface area contributed by atoms with Crippen LogP contribution in [0.4, 0.5) is 0 Å². The molecule has 0 N–H and O–H groups in total. The van der Waals surface area contributed by atoms with Crippen molar-refractivity contribution >= 4 is 34.8 Å². The molecule has 1 aromatic carbocycles. The van der Waals surface area contributed by atoms with Crippen molar-refractivity contribution in [2.24, 2.45) is 0 Å². The molecule has 0 unspecified atom stereocenters. The first-order valence-electron chi connectivity index (χ1n) is 3.18. The summed E-state index contributed by atoms with van der Waals surface area (Å²) in [6.45, 7) is 1.75. The van der Waals surface area contributed by atoms with Gasteiger partial charge in [-0.05, 0) is 24.6 Å². The highest BCUT2D eigenvalue weighted by Crippen LogP contribution is 2.26. The first kappa shape index (κ1) is 9.85. The summed E-state index contributed by atoms with van der Waals surface area (Å²) in [6.07, 6.45) is 0. The van der Waals surface area contributed by atoms with E-state index in [0.29, 0.717) is 5.02 Å². The molecule has 0 saturated heterocycles. The molecule has 0 radical (unpaired) electrons. The van der Waals surface area contributed by atoms with Crippen molar-refractivity contribution in [3.05, 3.63) is 43.0 Å². The molecule has 1 nitrogen and oxygen atoms in total. The van der Waals surface area contributed by atoms with Crippen LogP contribution >= 0.6 is 34.8 Å². The Kier molecular flexibility index (Phi) is 2.99. The topological polar surface area (TPSA) is 17.1 Å². The molecule has 0 spiro atoms. The van der Waals surface area contributed by atoms with Crippen LogP contribution in [0.5, 0.6) is 0 Å². The Morgan fingerprint density at radius 1 is 1.08 bits per heavy atom. The minimum atomic E-state index is -0.314. The maximum Gasteiger partial charge on any atom is 0.199 e. The van der Waals surface area contributed by atoms with E-state index in [9.17, 15) is 4.79 Å². The fraction of sp³-hybridized carbons (Fsp3) is 0.125. The highest BCUT2D eigenvalue weighted by atomic mass is 35.5. The van der Waals surface area contributed by atoms with E-state index in [2.05, 4.69) is 0 Å². The van der Waals surface area contributed by atoms with E-state index in [4.69, 9.17) is 34.8 Å². The van der Waals surface area contributed by atoms with Gasteiger partial charge in [0.15, 0.2) is 5.43 Å². The summed E-state index contributed by atoms with van der Waals surface area (Å²) in [4.78, 5) is 11.1. The molecule has 0 bridgehead atoms. The van der Waals surface area contributed by atoms with Gasteiger partial charge in [-0.25, -0.2) is 0 Å². The normalized spacial score (nSPS) is 10.0. The zero-order valence-corrected chi connectivity index (χ0v) is 8.46. The zero-order valence-electron chi connectivity index (χ0n) is 6.20. The molecule has 0 saturated carbocycles. The lowest BCUT2D eigenvalue weighted by Crippen LogP contribution is -1.95. The van der Waals surface area contributed by atoms with Crippen LogP contribution in [0.1, 0.15) is 5.56 Å². The quantitative estimate of drug-likeness (QED) is 0.659. The molecule has 12 heavy (non-hydrogen) atoms. The molecule has 0 aliphatic heterocycles. The molecule has 0 aliphatic carbocycles. The summed E-state index contributed by atoms with van der Waals surface area (Å²) in [5.41, 5.74) is 0.421. The smallest absolute Gasteiger partial charge is 0.199 e. The van der Waals surface area contributed by atoms with Crippen molar-refractivity contribution in [2.45, 2.75) is 6.92 Å². The lowest BCUT2D eigenvalue weighted by Gasteiger charge is -1.87. The molecular weight excluding hydrogens is 218 g/mol. The monoisotopic (exact) mass is 222 g/mol. The molecule has 0 fully saturated rings. The standard InChI is InChI=1S/C8H5Cl3O/c1-4-2-5(9)7(10)8(11)6(12)3-4/h2-3H,1H3. The van der Waals surface area contributed by atoms with Gasteiger partial charge in [0.1, 0.15) is 5.02 Å². The number of hydrogen-bond donors (Lipinski definition) is 0. The van der Waals surface area contributed by atoms with Crippen LogP contribution in [0.2, 0.25) is 15.1 Å². The molecule has 1 rings (SSSR count). The maximum absolute atomic E-state index is 11.1. The second-order valence-corrected chi connectivity index (χ2v) is 3.54. The molecule has 64 valence electrons. The van der Waals surface area contributed by atoms with E-state index < -0.39 is 0 Å². The predicted molar refractivity (Wildman–Crippen MR) is 52.5 cm³/mol.